The van der Waals surface area contributed by atoms with E-state index in [0.717, 1.165) is 10.5 Å². The van der Waals surface area contributed by atoms with E-state index in [9.17, 15) is 21.6 Å². The van der Waals surface area contributed by atoms with Crippen LogP contribution in [0, 0.1) is 6.92 Å². The summed E-state index contributed by atoms with van der Waals surface area (Å²) in [6.07, 6.45) is -4.67. The number of hydrogen-bond acceptors (Lipinski definition) is 3. The van der Waals surface area contributed by atoms with Crippen LogP contribution in [-0.2, 0) is 16.2 Å². The molecule has 9 heteroatoms. The van der Waals surface area contributed by atoms with Gasteiger partial charge < -0.3 is 5.73 Å². The zero-order valence-electron chi connectivity index (χ0n) is 11.8. The molecule has 0 aliphatic carbocycles. The highest BCUT2D eigenvalue weighted by molar-refractivity contribution is 9.10. The zero-order valence-corrected chi connectivity index (χ0v) is 14.2. The third kappa shape index (κ3) is 3.97. The molecular weight excluding hydrogens is 397 g/mol. The topological polar surface area (TPSA) is 72.2 Å². The van der Waals surface area contributed by atoms with Gasteiger partial charge in [0, 0.05) is 15.8 Å². The van der Waals surface area contributed by atoms with E-state index < -0.39 is 27.5 Å². The number of anilines is 2. The van der Waals surface area contributed by atoms with E-state index in [0.29, 0.717) is 11.6 Å². The van der Waals surface area contributed by atoms with E-state index >= 15 is 0 Å². The van der Waals surface area contributed by atoms with Crippen LogP contribution in [0.5, 0.6) is 0 Å². The minimum absolute atomic E-state index is 0.0522. The first-order chi connectivity index (χ1) is 10.5. The first kappa shape index (κ1) is 17.6. The molecular formula is C14H12BrF3N2O2S. The summed E-state index contributed by atoms with van der Waals surface area (Å²) in [4.78, 5) is -0.0522. The highest BCUT2D eigenvalue weighted by Crippen LogP contribution is 2.35. The summed E-state index contributed by atoms with van der Waals surface area (Å²) >= 11 is 3.25. The van der Waals surface area contributed by atoms with Gasteiger partial charge in [0.15, 0.2) is 0 Å². The Morgan fingerprint density at radius 3 is 2.35 bits per heavy atom. The number of alkyl halides is 3. The number of nitrogens with two attached hydrogens (primary N) is 1. The fraction of sp³-hybridized carbons (Fsp3) is 0.143. The van der Waals surface area contributed by atoms with Crippen molar-refractivity contribution in [3.05, 3.63) is 52.0 Å². The third-order valence-corrected chi connectivity index (χ3v) is 5.32. The molecule has 0 radical (unpaired) electrons. The normalized spacial score (nSPS) is 12.2. The SMILES string of the molecule is Cc1cc(S(=O)(=O)Nc2ccc(N)c(C(F)(F)F)c2)ccc1Br. The maximum atomic E-state index is 12.8. The standard InChI is InChI=1S/C14H12BrF3N2O2S/c1-8-6-10(3-4-12(8)15)23(21,22)20-9-2-5-13(19)11(7-9)14(16,17)18/h2-7,20H,19H2,1H3. The van der Waals surface area contributed by atoms with E-state index in [1.165, 1.54) is 18.2 Å². The van der Waals surface area contributed by atoms with Crippen LogP contribution in [0.1, 0.15) is 11.1 Å². The summed E-state index contributed by atoms with van der Waals surface area (Å²) in [6, 6.07) is 7.16. The second-order valence-corrected chi connectivity index (χ2v) is 7.35. The number of hydrogen-bond donors (Lipinski definition) is 2. The van der Waals surface area contributed by atoms with Crippen LogP contribution >= 0.6 is 15.9 Å². The van der Waals surface area contributed by atoms with Gasteiger partial charge in [0.05, 0.1) is 10.5 Å². The molecule has 3 N–H and O–H groups in total. The van der Waals surface area contributed by atoms with Crippen molar-refractivity contribution >= 4 is 37.3 Å². The van der Waals surface area contributed by atoms with Crippen LogP contribution in [0.2, 0.25) is 0 Å². The van der Waals surface area contributed by atoms with Crippen LogP contribution in [0.25, 0.3) is 0 Å². The Labute approximate surface area is 139 Å². The first-order valence-corrected chi connectivity index (χ1v) is 8.54. The van der Waals surface area contributed by atoms with Crippen LogP contribution in [0.4, 0.5) is 24.5 Å². The Bertz CT molecular complexity index is 852. The molecule has 2 aromatic rings. The van der Waals surface area contributed by atoms with Gasteiger partial charge in [-0.2, -0.15) is 13.2 Å². The number of aryl methyl sites for hydroxylation is 1. The van der Waals surface area contributed by atoms with Gasteiger partial charge in [0.2, 0.25) is 0 Å². The number of benzene rings is 2. The average molecular weight is 409 g/mol. The molecule has 0 unspecified atom stereocenters. The quantitative estimate of drug-likeness (QED) is 0.748. The fourth-order valence-electron chi connectivity index (χ4n) is 1.86. The third-order valence-electron chi connectivity index (χ3n) is 3.05. The highest BCUT2D eigenvalue weighted by Gasteiger charge is 2.33. The molecule has 2 aromatic carbocycles. The van der Waals surface area contributed by atoms with Crippen molar-refractivity contribution in [2.24, 2.45) is 0 Å². The molecule has 2 rings (SSSR count). The van der Waals surface area contributed by atoms with E-state index in [1.807, 2.05) is 0 Å². The number of rotatable bonds is 3. The molecule has 0 fully saturated rings. The monoisotopic (exact) mass is 408 g/mol. The smallest absolute Gasteiger partial charge is 0.398 e. The molecule has 23 heavy (non-hydrogen) atoms. The van der Waals surface area contributed by atoms with E-state index in [4.69, 9.17) is 5.73 Å². The second kappa shape index (κ2) is 6.04. The second-order valence-electron chi connectivity index (χ2n) is 4.82. The Morgan fingerprint density at radius 2 is 1.78 bits per heavy atom. The molecule has 0 saturated heterocycles. The number of sulfonamides is 1. The lowest BCUT2D eigenvalue weighted by Gasteiger charge is -2.13. The molecule has 0 spiro atoms. The van der Waals surface area contributed by atoms with Gasteiger partial charge in [-0.1, -0.05) is 15.9 Å². The molecule has 0 aliphatic heterocycles. The Balaban J connectivity index is 2.39. The summed E-state index contributed by atoms with van der Waals surface area (Å²) in [6.45, 7) is 1.70. The molecule has 0 aliphatic rings. The molecule has 0 heterocycles. The molecule has 0 atom stereocenters. The van der Waals surface area contributed by atoms with E-state index in [-0.39, 0.29) is 10.6 Å². The lowest BCUT2D eigenvalue weighted by atomic mass is 10.1. The first-order valence-electron chi connectivity index (χ1n) is 6.26. The average Bonchev–Trinajstić information content (AvgIpc) is 2.42. The van der Waals surface area contributed by atoms with Crippen LogP contribution in [0.15, 0.2) is 45.8 Å². The van der Waals surface area contributed by atoms with Crippen LogP contribution in [-0.4, -0.2) is 8.42 Å². The minimum atomic E-state index is -4.67. The highest BCUT2D eigenvalue weighted by atomic mass is 79.9. The van der Waals surface area contributed by atoms with Crippen molar-refractivity contribution in [2.75, 3.05) is 10.5 Å². The van der Waals surface area contributed by atoms with Gasteiger partial charge in [-0.25, -0.2) is 8.42 Å². The molecule has 4 nitrogen and oxygen atoms in total. The van der Waals surface area contributed by atoms with E-state index in [2.05, 4.69) is 20.7 Å². The zero-order chi connectivity index (χ0) is 17.4. The van der Waals surface area contributed by atoms with Gasteiger partial charge in [-0.3, -0.25) is 4.72 Å². The Hall–Kier alpha value is -1.74. The summed E-state index contributed by atoms with van der Waals surface area (Å²) < 4.78 is 65.9. The maximum absolute atomic E-state index is 12.8. The van der Waals surface area contributed by atoms with Crippen LogP contribution in [0.3, 0.4) is 0 Å². The van der Waals surface area contributed by atoms with Crippen molar-refractivity contribution in [2.45, 2.75) is 18.0 Å². The Kier molecular flexibility index (Phi) is 4.63. The van der Waals surface area contributed by atoms with Crippen LogP contribution < -0.4 is 10.5 Å². The minimum Gasteiger partial charge on any atom is -0.398 e. The number of nitrogens with one attached hydrogen (secondary N) is 1. The van der Waals surface area contributed by atoms with Gasteiger partial charge >= 0.3 is 6.18 Å². The predicted octanol–water partition coefficient (Wildman–Crippen LogP) is 4.16. The molecule has 0 aromatic heterocycles. The fourth-order valence-corrected chi connectivity index (χ4v) is 3.24. The van der Waals surface area contributed by atoms with Crippen molar-refractivity contribution in [3.63, 3.8) is 0 Å². The molecule has 0 bridgehead atoms. The summed E-state index contributed by atoms with van der Waals surface area (Å²) in [5.74, 6) is 0. The lowest BCUT2D eigenvalue weighted by molar-refractivity contribution is -0.136. The van der Waals surface area contributed by atoms with Crippen molar-refractivity contribution in [3.8, 4) is 0 Å². The van der Waals surface area contributed by atoms with Crippen molar-refractivity contribution < 1.29 is 21.6 Å². The summed E-state index contributed by atoms with van der Waals surface area (Å²) in [5.41, 5.74) is 4.19. The van der Waals surface area contributed by atoms with E-state index in [1.54, 1.807) is 13.0 Å². The predicted molar refractivity (Wildman–Crippen MR) is 85.5 cm³/mol. The van der Waals surface area contributed by atoms with Gasteiger partial charge in [-0.05, 0) is 48.9 Å². The van der Waals surface area contributed by atoms with Gasteiger partial charge in [0.25, 0.3) is 10.0 Å². The summed E-state index contributed by atoms with van der Waals surface area (Å²) in [7, 11) is -4.01. The lowest BCUT2D eigenvalue weighted by Crippen LogP contribution is -2.15. The number of nitrogen functional groups attached to an aromatic ring is 1. The Morgan fingerprint density at radius 1 is 1.13 bits per heavy atom. The van der Waals surface area contributed by atoms with Crippen molar-refractivity contribution in [1.29, 1.82) is 0 Å². The van der Waals surface area contributed by atoms with Gasteiger partial charge in [-0.15, -0.1) is 0 Å². The molecule has 124 valence electrons. The molecule has 0 amide bonds. The number of halogens is 4. The largest absolute Gasteiger partial charge is 0.418 e. The maximum Gasteiger partial charge on any atom is 0.418 e. The van der Waals surface area contributed by atoms with Crippen molar-refractivity contribution in [1.82, 2.24) is 0 Å². The van der Waals surface area contributed by atoms with Gasteiger partial charge in [0.1, 0.15) is 0 Å². The summed E-state index contributed by atoms with van der Waals surface area (Å²) in [5, 5.41) is 0. The molecule has 0 saturated carbocycles.